The number of piperidine rings is 1. The van der Waals surface area contributed by atoms with E-state index in [0.717, 1.165) is 24.4 Å². The molecule has 2 saturated heterocycles. The zero-order valence-electron chi connectivity index (χ0n) is 12.5. The van der Waals surface area contributed by atoms with Crippen molar-refractivity contribution in [1.29, 1.82) is 0 Å². The van der Waals surface area contributed by atoms with E-state index in [9.17, 15) is 10.1 Å². The van der Waals surface area contributed by atoms with Crippen molar-refractivity contribution < 1.29 is 4.92 Å². The summed E-state index contributed by atoms with van der Waals surface area (Å²) in [5.74, 6) is 0. The molecule has 0 saturated carbocycles. The predicted molar refractivity (Wildman–Crippen MR) is 84.6 cm³/mol. The molecule has 0 amide bonds. The van der Waals surface area contributed by atoms with Gasteiger partial charge in [0, 0.05) is 35.6 Å². The molecule has 2 bridgehead atoms. The average Bonchev–Trinajstić information content (AvgIpc) is 3.05. The predicted octanol–water partition coefficient (Wildman–Crippen LogP) is 3.15. The Morgan fingerprint density at radius 1 is 1.38 bits per heavy atom. The normalized spacial score (nSPS) is 28.2. The molecule has 3 heterocycles. The summed E-state index contributed by atoms with van der Waals surface area (Å²) in [6.45, 7) is 4.14. The smallest absolute Gasteiger partial charge is 0.311 e. The lowest BCUT2D eigenvalue weighted by atomic mass is 9.98. The first kappa shape index (κ1) is 14.9. The summed E-state index contributed by atoms with van der Waals surface area (Å²) in [6.07, 6.45) is 6.21. The van der Waals surface area contributed by atoms with Crippen LogP contribution in [0.1, 0.15) is 43.9 Å². The van der Waals surface area contributed by atoms with Gasteiger partial charge >= 0.3 is 5.00 Å². The molecule has 0 radical (unpaired) electrons. The van der Waals surface area contributed by atoms with Gasteiger partial charge in [-0.25, -0.2) is 0 Å². The third kappa shape index (κ3) is 3.44. The summed E-state index contributed by atoms with van der Waals surface area (Å²) in [5, 5.41) is 14.8. The van der Waals surface area contributed by atoms with Gasteiger partial charge in [-0.05, 0) is 44.7 Å². The highest BCUT2D eigenvalue weighted by Gasteiger charge is 2.35. The molecule has 2 fully saturated rings. The van der Waals surface area contributed by atoms with Crippen molar-refractivity contribution in [3.8, 4) is 0 Å². The number of nitrogens with one attached hydrogen (secondary N) is 1. The average molecular weight is 309 g/mol. The number of thiophene rings is 1. The van der Waals surface area contributed by atoms with E-state index >= 15 is 0 Å². The van der Waals surface area contributed by atoms with E-state index in [4.69, 9.17) is 0 Å². The van der Waals surface area contributed by atoms with E-state index in [0.29, 0.717) is 18.1 Å². The molecular weight excluding hydrogens is 286 g/mol. The Morgan fingerprint density at radius 3 is 2.67 bits per heavy atom. The number of nitrogens with zero attached hydrogens (tertiary/aromatic N) is 2. The van der Waals surface area contributed by atoms with Gasteiger partial charge in [-0.1, -0.05) is 18.3 Å². The third-order valence-electron chi connectivity index (χ3n) is 4.66. The van der Waals surface area contributed by atoms with E-state index in [2.05, 4.69) is 17.1 Å². The molecule has 2 unspecified atom stereocenters. The maximum atomic E-state index is 10.8. The Labute approximate surface area is 129 Å². The van der Waals surface area contributed by atoms with Crippen molar-refractivity contribution in [2.45, 2.75) is 63.7 Å². The van der Waals surface area contributed by atoms with Crippen molar-refractivity contribution >= 4 is 16.3 Å². The van der Waals surface area contributed by atoms with Gasteiger partial charge < -0.3 is 5.32 Å². The van der Waals surface area contributed by atoms with Crippen LogP contribution in [-0.4, -0.2) is 34.5 Å². The minimum absolute atomic E-state index is 0.256. The molecule has 1 aromatic rings. The van der Waals surface area contributed by atoms with Crippen LogP contribution in [-0.2, 0) is 6.54 Å². The van der Waals surface area contributed by atoms with Crippen molar-refractivity contribution in [2.24, 2.45) is 0 Å². The number of hydrogen-bond acceptors (Lipinski definition) is 5. The molecule has 0 aromatic carbocycles. The highest BCUT2D eigenvalue weighted by molar-refractivity contribution is 7.15. The topological polar surface area (TPSA) is 58.4 Å². The number of fused-ring (bicyclic) bond motifs is 2. The Kier molecular flexibility index (Phi) is 4.57. The van der Waals surface area contributed by atoms with Gasteiger partial charge in [0.2, 0.25) is 0 Å². The van der Waals surface area contributed by atoms with Crippen molar-refractivity contribution in [3.63, 3.8) is 0 Å². The summed E-state index contributed by atoms with van der Waals surface area (Å²) in [6, 6.07) is 5.55. The first-order valence-corrected chi connectivity index (χ1v) is 8.70. The molecule has 1 N–H and O–H groups in total. The van der Waals surface area contributed by atoms with Crippen LogP contribution in [0.2, 0.25) is 0 Å². The SMILES string of the molecule is CCCN(Cc1ccc([N+](=O)[O-])s1)C1CC2CCC(C1)N2. The van der Waals surface area contributed by atoms with Crippen LogP contribution < -0.4 is 5.32 Å². The van der Waals surface area contributed by atoms with Crippen molar-refractivity contribution in [2.75, 3.05) is 6.54 Å². The minimum atomic E-state index is -0.289. The minimum Gasteiger partial charge on any atom is -0.311 e. The van der Waals surface area contributed by atoms with Crippen LogP contribution in [0.4, 0.5) is 5.00 Å². The largest absolute Gasteiger partial charge is 0.324 e. The summed E-state index contributed by atoms with van der Waals surface area (Å²) in [4.78, 5) is 14.2. The van der Waals surface area contributed by atoms with Gasteiger partial charge in [0.25, 0.3) is 0 Å². The van der Waals surface area contributed by atoms with E-state index in [1.807, 2.05) is 6.07 Å². The fourth-order valence-corrected chi connectivity index (χ4v) is 4.60. The van der Waals surface area contributed by atoms with Gasteiger partial charge in [-0.2, -0.15) is 0 Å². The molecule has 2 atom stereocenters. The molecule has 1 aromatic heterocycles. The Morgan fingerprint density at radius 2 is 2.10 bits per heavy atom. The molecule has 3 rings (SSSR count). The van der Waals surface area contributed by atoms with Crippen LogP contribution in [0.5, 0.6) is 0 Å². The molecule has 116 valence electrons. The fraction of sp³-hybridized carbons (Fsp3) is 0.733. The number of rotatable bonds is 6. The lowest BCUT2D eigenvalue weighted by Crippen LogP contribution is -2.48. The summed E-state index contributed by atoms with van der Waals surface area (Å²) < 4.78 is 0. The second-order valence-corrected chi connectivity index (χ2v) is 7.38. The Hall–Kier alpha value is -0.980. The highest BCUT2D eigenvalue weighted by atomic mass is 32.1. The molecular formula is C15H23N3O2S. The van der Waals surface area contributed by atoms with E-state index in [-0.39, 0.29) is 9.92 Å². The first-order valence-electron chi connectivity index (χ1n) is 7.89. The zero-order chi connectivity index (χ0) is 14.8. The second-order valence-electron chi connectivity index (χ2n) is 6.23. The first-order chi connectivity index (χ1) is 10.2. The molecule has 2 aliphatic rings. The van der Waals surface area contributed by atoms with Gasteiger partial charge in [0.05, 0.1) is 4.92 Å². The lowest BCUT2D eigenvalue weighted by molar-refractivity contribution is -0.380. The summed E-state index contributed by atoms with van der Waals surface area (Å²) in [5.41, 5.74) is 0. The van der Waals surface area contributed by atoms with E-state index in [1.165, 1.54) is 37.0 Å². The molecule has 0 spiro atoms. The summed E-state index contributed by atoms with van der Waals surface area (Å²) >= 11 is 1.32. The number of hydrogen-bond donors (Lipinski definition) is 1. The highest BCUT2D eigenvalue weighted by Crippen LogP contribution is 2.32. The second kappa shape index (κ2) is 6.42. The fourth-order valence-electron chi connectivity index (χ4n) is 3.75. The maximum absolute atomic E-state index is 10.8. The monoisotopic (exact) mass is 309 g/mol. The van der Waals surface area contributed by atoms with Crippen LogP contribution in [0.3, 0.4) is 0 Å². The molecule has 21 heavy (non-hydrogen) atoms. The van der Waals surface area contributed by atoms with Crippen molar-refractivity contribution in [3.05, 3.63) is 27.1 Å². The van der Waals surface area contributed by atoms with Crippen LogP contribution in [0.25, 0.3) is 0 Å². The van der Waals surface area contributed by atoms with Crippen LogP contribution >= 0.6 is 11.3 Å². The van der Waals surface area contributed by atoms with E-state index < -0.39 is 0 Å². The quantitative estimate of drug-likeness (QED) is 0.648. The summed E-state index contributed by atoms with van der Waals surface area (Å²) in [7, 11) is 0. The molecule has 5 nitrogen and oxygen atoms in total. The van der Waals surface area contributed by atoms with Gasteiger partial charge in [0.15, 0.2) is 0 Å². The van der Waals surface area contributed by atoms with Crippen molar-refractivity contribution in [1.82, 2.24) is 10.2 Å². The Bertz CT molecular complexity index is 493. The molecule has 2 aliphatic heterocycles. The number of nitro groups is 1. The van der Waals surface area contributed by atoms with Crippen LogP contribution in [0, 0.1) is 10.1 Å². The molecule has 6 heteroatoms. The van der Waals surface area contributed by atoms with Gasteiger partial charge in [-0.15, -0.1) is 0 Å². The third-order valence-corrected chi connectivity index (χ3v) is 5.68. The zero-order valence-corrected chi connectivity index (χ0v) is 13.3. The standard InChI is InChI=1S/C15H23N3O2S/c1-2-7-17(10-14-5-6-15(21-14)18(19)20)13-8-11-3-4-12(9-13)16-11/h5-6,11-13,16H,2-4,7-10H2,1H3. The molecule has 0 aliphatic carbocycles. The lowest BCUT2D eigenvalue weighted by Gasteiger charge is -2.37. The van der Waals surface area contributed by atoms with E-state index in [1.54, 1.807) is 6.07 Å². The van der Waals surface area contributed by atoms with Gasteiger partial charge in [0.1, 0.15) is 0 Å². The maximum Gasteiger partial charge on any atom is 0.324 e. The van der Waals surface area contributed by atoms with Gasteiger partial charge in [-0.3, -0.25) is 15.0 Å². The Balaban J connectivity index is 1.67. The van der Waals surface area contributed by atoms with Crippen LogP contribution in [0.15, 0.2) is 12.1 Å².